The van der Waals surface area contributed by atoms with Gasteiger partial charge in [-0.2, -0.15) is 0 Å². The highest BCUT2D eigenvalue weighted by Gasteiger charge is 2.20. The monoisotopic (exact) mass is 382 g/mol. The molecule has 0 aromatic heterocycles. The summed E-state index contributed by atoms with van der Waals surface area (Å²) in [6, 6.07) is 17.1. The van der Waals surface area contributed by atoms with Crippen molar-refractivity contribution in [3.05, 3.63) is 126 Å². The van der Waals surface area contributed by atoms with Crippen LogP contribution in [0.5, 0.6) is 0 Å². The van der Waals surface area contributed by atoms with Crippen molar-refractivity contribution in [3.63, 3.8) is 0 Å². The van der Waals surface area contributed by atoms with Gasteiger partial charge in [-0.25, -0.2) is 0 Å². The molecule has 29 heavy (non-hydrogen) atoms. The zero-order chi connectivity index (χ0) is 21.2. The average molecular weight is 383 g/mol. The van der Waals surface area contributed by atoms with Crippen LogP contribution < -0.4 is 0 Å². The Balaban J connectivity index is 0.00000145. The Labute approximate surface area is 175 Å². The molecule has 1 nitrogen and oxygen atoms in total. The van der Waals surface area contributed by atoms with Gasteiger partial charge in [0.2, 0.25) is 0 Å². The molecule has 148 valence electrons. The van der Waals surface area contributed by atoms with Crippen molar-refractivity contribution in [2.75, 3.05) is 0 Å². The number of aryl methyl sites for hydroxylation is 1. The minimum atomic E-state index is 0.814. The highest BCUT2D eigenvalue weighted by Crippen LogP contribution is 2.33. The normalized spacial score (nSPS) is 14.8. The molecule has 0 atom stereocenters. The molecule has 0 saturated carbocycles. The van der Waals surface area contributed by atoms with Crippen molar-refractivity contribution in [1.82, 2.24) is 0 Å². The fraction of sp³-hybridized carbons (Fsp3) is 0.143. The van der Waals surface area contributed by atoms with Gasteiger partial charge in [0.15, 0.2) is 0 Å². The maximum atomic E-state index is 5.68. The van der Waals surface area contributed by atoms with Gasteiger partial charge in [-0.05, 0) is 54.3 Å². The molecule has 0 saturated heterocycles. The number of ether oxygens (including phenoxy) is 1. The first-order valence-corrected chi connectivity index (χ1v) is 10.1. The first kappa shape index (κ1) is 22.0. The van der Waals surface area contributed by atoms with Crippen LogP contribution in [0.25, 0.3) is 16.7 Å². The van der Waals surface area contributed by atoms with E-state index in [0.29, 0.717) is 0 Å². The van der Waals surface area contributed by atoms with Crippen LogP contribution in [-0.2, 0) is 4.74 Å². The van der Waals surface area contributed by atoms with Crippen molar-refractivity contribution >= 4 is 5.57 Å². The highest BCUT2D eigenvalue weighted by molar-refractivity contribution is 5.78. The lowest BCUT2D eigenvalue weighted by Crippen LogP contribution is -2.08. The number of allylic oxidation sites excluding steroid dienone is 7. The van der Waals surface area contributed by atoms with Crippen LogP contribution in [0.2, 0.25) is 0 Å². The lowest BCUT2D eigenvalue weighted by Gasteiger charge is -2.23. The van der Waals surface area contributed by atoms with Crippen LogP contribution in [0.4, 0.5) is 0 Å². The molecule has 0 fully saturated rings. The fourth-order valence-electron chi connectivity index (χ4n) is 2.98. The molecule has 2 aromatic carbocycles. The summed E-state index contributed by atoms with van der Waals surface area (Å²) in [4.78, 5) is 0. The molecule has 0 radical (unpaired) electrons. The Hall–Kier alpha value is -3.32. The minimum absolute atomic E-state index is 0.814. The predicted molar refractivity (Wildman–Crippen MR) is 127 cm³/mol. The third-order valence-corrected chi connectivity index (χ3v) is 4.48. The van der Waals surface area contributed by atoms with Crippen LogP contribution in [0, 0.1) is 6.92 Å². The van der Waals surface area contributed by atoms with E-state index >= 15 is 0 Å². The molecule has 0 bridgehead atoms. The summed E-state index contributed by atoms with van der Waals surface area (Å²) >= 11 is 0. The lowest BCUT2D eigenvalue weighted by molar-refractivity contribution is 0.280. The second-order valence-corrected chi connectivity index (χ2v) is 6.39. The van der Waals surface area contributed by atoms with E-state index in [0.717, 1.165) is 28.2 Å². The fourth-order valence-corrected chi connectivity index (χ4v) is 2.98. The van der Waals surface area contributed by atoms with Crippen molar-refractivity contribution in [1.29, 1.82) is 0 Å². The van der Waals surface area contributed by atoms with Crippen molar-refractivity contribution < 1.29 is 4.74 Å². The molecule has 1 aliphatic rings. The molecule has 0 amide bonds. The van der Waals surface area contributed by atoms with Gasteiger partial charge in [-0.3, -0.25) is 0 Å². The maximum absolute atomic E-state index is 5.68. The van der Waals surface area contributed by atoms with E-state index < -0.39 is 0 Å². The molecule has 0 aliphatic carbocycles. The van der Waals surface area contributed by atoms with Gasteiger partial charge in [0.05, 0.1) is 5.57 Å². The summed E-state index contributed by atoms with van der Waals surface area (Å²) in [6.07, 6.45) is 11.7. The largest absolute Gasteiger partial charge is 0.456 e. The molecular formula is C28H30O. The van der Waals surface area contributed by atoms with Crippen LogP contribution in [-0.4, -0.2) is 0 Å². The quantitative estimate of drug-likeness (QED) is 0.458. The van der Waals surface area contributed by atoms with Gasteiger partial charge >= 0.3 is 0 Å². The number of benzene rings is 2. The first-order valence-electron chi connectivity index (χ1n) is 10.1. The summed E-state index contributed by atoms with van der Waals surface area (Å²) in [5.74, 6) is 1.66. The molecule has 1 aliphatic heterocycles. The topological polar surface area (TPSA) is 9.23 Å². The van der Waals surface area contributed by atoms with Gasteiger partial charge in [-0.15, -0.1) is 0 Å². The molecule has 1 heterocycles. The average Bonchev–Trinajstić information content (AvgIpc) is 2.76. The Morgan fingerprint density at radius 1 is 0.966 bits per heavy atom. The summed E-state index contributed by atoms with van der Waals surface area (Å²) in [6.45, 7) is 15.8. The van der Waals surface area contributed by atoms with E-state index in [4.69, 9.17) is 4.74 Å². The van der Waals surface area contributed by atoms with E-state index in [9.17, 15) is 0 Å². The van der Waals surface area contributed by atoms with Crippen molar-refractivity contribution in [2.24, 2.45) is 0 Å². The van der Waals surface area contributed by atoms with Gasteiger partial charge in [0.1, 0.15) is 11.5 Å². The molecule has 0 spiro atoms. The lowest BCUT2D eigenvalue weighted by atomic mass is 9.98. The Bertz CT molecular complexity index is 979. The van der Waals surface area contributed by atoms with Crippen molar-refractivity contribution in [2.45, 2.75) is 27.7 Å². The van der Waals surface area contributed by atoms with Crippen LogP contribution in [0.15, 0.2) is 115 Å². The minimum Gasteiger partial charge on any atom is -0.456 e. The highest BCUT2D eigenvalue weighted by atomic mass is 16.5. The van der Waals surface area contributed by atoms with Gasteiger partial charge in [0.25, 0.3) is 0 Å². The number of hydrogen-bond donors (Lipinski definition) is 0. The molecule has 2 aromatic rings. The second-order valence-electron chi connectivity index (χ2n) is 6.39. The van der Waals surface area contributed by atoms with Gasteiger partial charge in [-0.1, -0.05) is 99.3 Å². The molecule has 1 heteroatoms. The smallest absolute Gasteiger partial charge is 0.138 e. The van der Waals surface area contributed by atoms with E-state index in [2.05, 4.69) is 68.6 Å². The summed E-state index contributed by atoms with van der Waals surface area (Å²) in [5.41, 5.74) is 6.90. The standard InChI is InChI=1S/C26H24O.C2H6/c1-5-9-24-25(7-3)27-26(24)17-16-20(6-2)22-10-8-11-23(18-22)21-14-12-19(4)13-15-21;1-2/h5-18H,2-3H2,1,4H3;1-2H3/b9-5-,20-16+,26-17-;. The summed E-state index contributed by atoms with van der Waals surface area (Å²) in [7, 11) is 0. The summed E-state index contributed by atoms with van der Waals surface area (Å²) in [5, 5.41) is 0. The zero-order valence-corrected chi connectivity index (χ0v) is 17.9. The Morgan fingerprint density at radius 2 is 1.69 bits per heavy atom. The first-order chi connectivity index (χ1) is 14.2. The SMILES string of the molecule is C=CC1=C(/C=C\C)/C(=C/C=C(\C=C)c2cccc(-c3ccc(C)cc3)c2)O1.CC. The third kappa shape index (κ3) is 5.36. The van der Waals surface area contributed by atoms with Crippen LogP contribution >= 0.6 is 0 Å². The van der Waals surface area contributed by atoms with E-state index in [-0.39, 0.29) is 0 Å². The van der Waals surface area contributed by atoms with E-state index in [1.165, 1.54) is 16.7 Å². The Morgan fingerprint density at radius 3 is 2.31 bits per heavy atom. The molecular weight excluding hydrogens is 352 g/mol. The maximum Gasteiger partial charge on any atom is 0.138 e. The van der Waals surface area contributed by atoms with Gasteiger partial charge < -0.3 is 4.74 Å². The molecule has 0 unspecified atom stereocenters. The number of hydrogen-bond acceptors (Lipinski definition) is 1. The van der Waals surface area contributed by atoms with Crippen LogP contribution in [0.1, 0.15) is 31.9 Å². The van der Waals surface area contributed by atoms with Gasteiger partial charge in [0, 0.05) is 0 Å². The second kappa shape index (κ2) is 10.9. The van der Waals surface area contributed by atoms with Crippen molar-refractivity contribution in [3.8, 4) is 11.1 Å². The molecule has 0 N–H and O–H groups in total. The van der Waals surface area contributed by atoms with Crippen LogP contribution in [0.3, 0.4) is 0 Å². The van der Waals surface area contributed by atoms with E-state index in [1.807, 2.05) is 51.2 Å². The van der Waals surface area contributed by atoms with E-state index in [1.54, 1.807) is 6.08 Å². The number of rotatable bonds is 6. The third-order valence-electron chi connectivity index (χ3n) is 4.48. The Kier molecular flexibility index (Phi) is 8.24. The zero-order valence-electron chi connectivity index (χ0n) is 17.9. The molecule has 3 rings (SSSR count). The predicted octanol–water partition coefficient (Wildman–Crippen LogP) is 8.19. The summed E-state index contributed by atoms with van der Waals surface area (Å²) < 4.78 is 5.68.